The zero-order chi connectivity index (χ0) is 22.8. The summed E-state index contributed by atoms with van der Waals surface area (Å²) in [5, 5.41) is 14.9. The number of benzene rings is 3. The molecule has 0 aliphatic heterocycles. The Balaban J connectivity index is 1.63. The number of hydrogen-bond donors (Lipinski definition) is 2. The zero-order valence-corrected chi connectivity index (χ0v) is 18.0. The van der Waals surface area contributed by atoms with E-state index in [0.29, 0.717) is 22.3 Å². The number of pyridine rings is 1. The first-order valence-electron chi connectivity index (χ1n) is 10.6. The summed E-state index contributed by atoms with van der Waals surface area (Å²) in [5.41, 5.74) is 3.53. The van der Waals surface area contributed by atoms with Gasteiger partial charge in [0.1, 0.15) is 5.69 Å². The number of amides is 1. The molecular weight excluding hydrogens is 412 g/mol. The third kappa shape index (κ3) is 3.94. The second kappa shape index (κ2) is 8.59. The van der Waals surface area contributed by atoms with Gasteiger partial charge in [-0.1, -0.05) is 78.9 Å². The van der Waals surface area contributed by atoms with Gasteiger partial charge in [-0.25, -0.2) is 9.97 Å². The van der Waals surface area contributed by atoms with Crippen LogP contribution in [0.1, 0.15) is 27.7 Å². The number of nitrogens with one attached hydrogen (secondary N) is 1. The molecule has 0 saturated carbocycles. The first-order chi connectivity index (χ1) is 16.1. The molecule has 1 atom stereocenters. The summed E-state index contributed by atoms with van der Waals surface area (Å²) in [6.07, 6.45) is 3.57. The third-order valence-corrected chi connectivity index (χ3v) is 5.57. The van der Waals surface area contributed by atoms with Crippen LogP contribution in [0.25, 0.3) is 22.2 Å². The van der Waals surface area contributed by atoms with Crippen LogP contribution in [-0.4, -0.2) is 25.5 Å². The van der Waals surface area contributed by atoms with E-state index in [1.165, 1.54) is 0 Å². The van der Waals surface area contributed by atoms with E-state index < -0.39 is 11.9 Å². The highest BCUT2D eigenvalue weighted by Crippen LogP contribution is 2.35. The van der Waals surface area contributed by atoms with E-state index in [2.05, 4.69) is 15.3 Å². The van der Waals surface area contributed by atoms with E-state index in [0.717, 1.165) is 11.1 Å². The van der Waals surface area contributed by atoms with Crippen molar-refractivity contribution in [2.45, 2.75) is 6.04 Å². The van der Waals surface area contributed by atoms with Gasteiger partial charge in [-0.15, -0.1) is 0 Å². The van der Waals surface area contributed by atoms with E-state index in [9.17, 15) is 9.90 Å². The Morgan fingerprint density at radius 1 is 0.939 bits per heavy atom. The normalized spacial score (nSPS) is 11.9. The minimum atomic E-state index is -0.480. The second-order valence-electron chi connectivity index (χ2n) is 7.85. The van der Waals surface area contributed by atoms with Gasteiger partial charge >= 0.3 is 0 Å². The Hall–Kier alpha value is -4.45. The number of imidazole rings is 1. The molecule has 0 saturated heterocycles. The van der Waals surface area contributed by atoms with Crippen molar-refractivity contribution in [2.24, 2.45) is 7.05 Å². The van der Waals surface area contributed by atoms with Crippen LogP contribution in [0, 0.1) is 0 Å². The molecule has 0 aliphatic rings. The number of fused-ring (bicyclic) bond motifs is 1. The molecule has 162 valence electrons. The molecule has 2 aromatic heterocycles. The number of aromatic nitrogens is 3. The molecule has 1 amide bonds. The number of nitrogens with zero attached hydrogens (tertiary/aromatic N) is 3. The number of para-hydroxylation sites is 1. The van der Waals surface area contributed by atoms with Crippen LogP contribution in [0.2, 0.25) is 0 Å². The van der Waals surface area contributed by atoms with Gasteiger partial charge in [0.25, 0.3) is 5.91 Å². The van der Waals surface area contributed by atoms with Crippen LogP contribution in [-0.2, 0) is 7.05 Å². The van der Waals surface area contributed by atoms with Gasteiger partial charge in [0.2, 0.25) is 0 Å². The monoisotopic (exact) mass is 434 g/mol. The Morgan fingerprint density at radius 2 is 1.61 bits per heavy atom. The van der Waals surface area contributed by atoms with Crippen LogP contribution in [0.15, 0.2) is 97.5 Å². The van der Waals surface area contributed by atoms with Crippen LogP contribution in [0.4, 0.5) is 0 Å². The fraction of sp³-hybridized carbons (Fsp3) is 0.0741. The molecule has 2 N–H and O–H groups in total. The molecule has 0 aliphatic carbocycles. The number of hydrogen-bond acceptors (Lipinski definition) is 4. The Kier molecular flexibility index (Phi) is 5.32. The Bertz CT molecular complexity index is 1430. The second-order valence-corrected chi connectivity index (χ2v) is 7.85. The summed E-state index contributed by atoms with van der Waals surface area (Å²) in [5.74, 6) is -0.548. The average molecular weight is 434 g/mol. The summed E-state index contributed by atoms with van der Waals surface area (Å²) >= 11 is 0. The van der Waals surface area contributed by atoms with E-state index in [4.69, 9.17) is 0 Å². The molecule has 33 heavy (non-hydrogen) atoms. The topological polar surface area (TPSA) is 80.0 Å². The first-order valence-corrected chi connectivity index (χ1v) is 10.6. The van der Waals surface area contributed by atoms with Crippen LogP contribution >= 0.6 is 0 Å². The predicted octanol–water partition coefficient (Wildman–Crippen LogP) is 4.86. The molecule has 0 fully saturated rings. The molecule has 6 nitrogen and oxygen atoms in total. The smallest absolute Gasteiger partial charge is 0.256 e. The molecule has 0 bridgehead atoms. The lowest BCUT2D eigenvalue weighted by Gasteiger charge is -2.19. The van der Waals surface area contributed by atoms with Crippen molar-refractivity contribution in [1.82, 2.24) is 19.9 Å². The van der Waals surface area contributed by atoms with Gasteiger partial charge in [-0.3, -0.25) is 4.79 Å². The SMILES string of the molecule is Cn1cnc(C(NC(=O)c2c(O)c(-c3ccccc3)nc3ccccc23)c2ccccc2)c1. The maximum Gasteiger partial charge on any atom is 0.256 e. The predicted molar refractivity (Wildman–Crippen MR) is 128 cm³/mol. The van der Waals surface area contributed by atoms with Crippen molar-refractivity contribution in [3.63, 3.8) is 0 Å². The van der Waals surface area contributed by atoms with Crippen molar-refractivity contribution < 1.29 is 9.90 Å². The van der Waals surface area contributed by atoms with E-state index >= 15 is 0 Å². The largest absolute Gasteiger partial charge is 0.505 e. The number of aromatic hydroxyl groups is 1. The fourth-order valence-corrected chi connectivity index (χ4v) is 3.99. The molecule has 5 rings (SSSR count). The van der Waals surface area contributed by atoms with Crippen molar-refractivity contribution >= 4 is 16.8 Å². The van der Waals surface area contributed by atoms with Crippen molar-refractivity contribution in [2.75, 3.05) is 0 Å². The molecular formula is C27H22N4O2. The number of carbonyl (C=O) groups excluding carboxylic acids is 1. The van der Waals surface area contributed by atoms with E-state index in [1.807, 2.05) is 96.7 Å². The first kappa shape index (κ1) is 20.5. The molecule has 6 heteroatoms. The van der Waals surface area contributed by atoms with Gasteiger partial charge < -0.3 is 15.0 Å². The zero-order valence-electron chi connectivity index (χ0n) is 18.0. The summed E-state index contributed by atoms with van der Waals surface area (Å²) in [6, 6.07) is 25.9. The minimum Gasteiger partial charge on any atom is -0.505 e. The number of rotatable bonds is 5. The van der Waals surface area contributed by atoms with Crippen LogP contribution in [0.3, 0.4) is 0 Å². The maximum absolute atomic E-state index is 13.7. The molecule has 0 radical (unpaired) electrons. The quantitative estimate of drug-likeness (QED) is 0.414. The Labute approximate surface area is 191 Å². The van der Waals surface area contributed by atoms with Crippen LogP contribution < -0.4 is 5.32 Å². The maximum atomic E-state index is 13.7. The van der Waals surface area contributed by atoms with Crippen molar-refractivity contribution in [1.29, 1.82) is 0 Å². The van der Waals surface area contributed by atoms with Gasteiger partial charge in [-0.2, -0.15) is 0 Å². The number of carbonyl (C=O) groups is 1. The minimum absolute atomic E-state index is 0.148. The molecule has 0 spiro atoms. The molecule has 5 aromatic rings. The lowest BCUT2D eigenvalue weighted by molar-refractivity contribution is 0.0941. The van der Waals surface area contributed by atoms with Gasteiger partial charge in [0, 0.05) is 24.2 Å². The summed E-state index contributed by atoms with van der Waals surface area (Å²) in [4.78, 5) is 22.8. The van der Waals surface area contributed by atoms with Gasteiger partial charge in [-0.05, 0) is 11.6 Å². The standard InChI is InChI=1S/C27H22N4O2/c1-31-16-22(28-17-31)24(18-10-4-2-5-11-18)30-27(33)23-20-14-8-9-15-21(20)29-25(26(23)32)19-12-6-3-7-13-19/h2-17,24,32H,1H3,(H,30,33). The lowest BCUT2D eigenvalue weighted by Crippen LogP contribution is -2.30. The highest BCUT2D eigenvalue weighted by molar-refractivity contribution is 6.10. The fourth-order valence-electron chi connectivity index (χ4n) is 3.99. The summed E-state index contributed by atoms with van der Waals surface area (Å²) < 4.78 is 1.84. The van der Waals surface area contributed by atoms with Gasteiger partial charge in [0.05, 0.1) is 29.1 Å². The highest BCUT2D eigenvalue weighted by Gasteiger charge is 2.25. The summed E-state index contributed by atoms with van der Waals surface area (Å²) in [7, 11) is 1.88. The summed E-state index contributed by atoms with van der Waals surface area (Å²) in [6.45, 7) is 0. The number of aryl methyl sites for hydroxylation is 1. The molecule has 2 heterocycles. The van der Waals surface area contributed by atoms with Crippen molar-refractivity contribution in [3.8, 4) is 17.0 Å². The highest BCUT2D eigenvalue weighted by atomic mass is 16.3. The van der Waals surface area contributed by atoms with Crippen molar-refractivity contribution in [3.05, 3.63) is 114 Å². The Morgan fingerprint density at radius 3 is 2.30 bits per heavy atom. The van der Waals surface area contributed by atoms with Crippen LogP contribution in [0.5, 0.6) is 5.75 Å². The van der Waals surface area contributed by atoms with E-state index in [1.54, 1.807) is 12.4 Å². The van der Waals surface area contributed by atoms with E-state index in [-0.39, 0.29) is 11.3 Å². The molecule has 1 unspecified atom stereocenters. The third-order valence-electron chi connectivity index (χ3n) is 5.57. The average Bonchev–Trinajstić information content (AvgIpc) is 3.29. The van der Waals surface area contributed by atoms with Gasteiger partial charge in [0.15, 0.2) is 5.75 Å². The molecule has 3 aromatic carbocycles. The lowest BCUT2D eigenvalue weighted by atomic mass is 10.00.